The van der Waals surface area contributed by atoms with Crippen LogP contribution >= 0.6 is 11.6 Å². The van der Waals surface area contributed by atoms with Crippen LogP contribution in [0.1, 0.15) is 35.4 Å². The number of rotatable bonds is 5. The van der Waals surface area contributed by atoms with Gasteiger partial charge in [-0.15, -0.1) is 0 Å². The molecule has 31 heavy (non-hydrogen) atoms. The Kier molecular flexibility index (Phi) is 5.79. The molecule has 4 nitrogen and oxygen atoms in total. The number of fused-ring (bicyclic) bond motifs is 1. The van der Waals surface area contributed by atoms with Gasteiger partial charge in [0.15, 0.2) is 5.78 Å². The SMILES string of the molecule is O=C(NCCc1c[nH]c2ccc(Cl)cc12)C1CCC(c2ccc(C(F)(F)F)cc2)C1=O. The van der Waals surface area contributed by atoms with Crippen molar-refractivity contribution in [2.24, 2.45) is 5.92 Å². The van der Waals surface area contributed by atoms with Gasteiger partial charge in [0, 0.05) is 34.6 Å². The van der Waals surface area contributed by atoms with Gasteiger partial charge >= 0.3 is 6.18 Å². The summed E-state index contributed by atoms with van der Waals surface area (Å²) in [6.45, 7) is 0.368. The average molecular weight is 449 g/mol. The summed E-state index contributed by atoms with van der Waals surface area (Å²) in [4.78, 5) is 28.4. The molecule has 3 aromatic rings. The molecule has 0 radical (unpaired) electrons. The van der Waals surface area contributed by atoms with Crippen LogP contribution in [-0.4, -0.2) is 23.2 Å². The van der Waals surface area contributed by atoms with Crippen molar-refractivity contribution in [2.45, 2.75) is 31.4 Å². The van der Waals surface area contributed by atoms with E-state index >= 15 is 0 Å². The van der Waals surface area contributed by atoms with Gasteiger partial charge < -0.3 is 10.3 Å². The number of Topliss-reactive ketones (excluding diaryl/α,β-unsaturated/α-hetero) is 1. The molecule has 1 amide bonds. The summed E-state index contributed by atoms with van der Waals surface area (Å²) < 4.78 is 38.2. The summed E-state index contributed by atoms with van der Waals surface area (Å²) >= 11 is 6.05. The van der Waals surface area contributed by atoms with E-state index in [9.17, 15) is 22.8 Å². The Labute approximate surface area is 181 Å². The minimum Gasteiger partial charge on any atom is -0.361 e. The highest BCUT2D eigenvalue weighted by molar-refractivity contribution is 6.31. The maximum atomic E-state index is 12.7. The summed E-state index contributed by atoms with van der Waals surface area (Å²) in [6, 6.07) is 10.2. The number of benzene rings is 2. The van der Waals surface area contributed by atoms with Gasteiger partial charge in [-0.3, -0.25) is 9.59 Å². The van der Waals surface area contributed by atoms with E-state index < -0.39 is 23.6 Å². The van der Waals surface area contributed by atoms with Crippen molar-refractivity contribution in [3.05, 3.63) is 70.4 Å². The van der Waals surface area contributed by atoms with E-state index in [0.29, 0.717) is 36.4 Å². The van der Waals surface area contributed by atoms with E-state index in [-0.39, 0.29) is 11.7 Å². The number of carbonyl (C=O) groups excluding carboxylic acids is 2. The molecular weight excluding hydrogens is 429 g/mol. The van der Waals surface area contributed by atoms with Crippen LogP contribution < -0.4 is 5.32 Å². The fraction of sp³-hybridized carbons (Fsp3) is 0.304. The number of nitrogens with one attached hydrogen (secondary N) is 2. The normalized spacial score (nSPS) is 19.2. The Morgan fingerprint density at radius 3 is 2.58 bits per heavy atom. The fourth-order valence-electron chi connectivity index (χ4n) is 4.16. The number of amides is 1. The summed E-state index contributed by atoms with van der Waals surface area (Å²) in [5.74, 6) is -1.90. The minimum absolute atomic E-state index is 0.240. The monoisotopic (exact) mass is 448 g/mol. The molecule has 8 heteroatoms. The molecule has 1 aliphatic rings. The largest absolute Gasteiger partial charge is 0.416 e. The topological polar surface area (TPSA) is 62.0 Å². The second-order valence-corrected chi connectivity index (χ2v) is 8.19. The van der Waals surface area contributed by atoms with Gasteiger partial charge in [-0.2, -0.15) is 13.2 Å². The highest BCUT2D eigenvalue weighted by Gasteiger charge is 2.39. The van der Waals surface area contributed by atoms with Gasteiger partial charge in [0.1, 0.15) is 0 Å². The lowest BCUT2D eigenvalue weighted by Crippen LogP contribution is -2.35. The molecule has 2 aromatic carbocycles. The van der Waals surface area contributed by atoms with Crippen LogP contribution in [0.15, 0.2) is 48.7 Å². The average Bonchev–Trinajstić information content (AvgIpc) is 3.30. The lowest BCUT2D eigenvalue weighted by molar-refractivity contribution is -0.137. The van der Waals surface area contributed by atoms with Gasteiger partial charge in [-0.05, 0) is 60.7 Å². The summed E-state index contributed by atoms with van der Waals surface area (Å²) in [6.07, 6.45) is -1.14. The third kappa shape index (κ3) is 4.46. The van der Waals surface area contributed by atoms with E-state index in [1.165, 1.54) is 12.1 Å². The van der Waals surface area contributed by atoms with Crippen molar-refractivity contribution in [1.29, 1.82) is 0 Å². The van der Waals surface area contributed by atoms with Crippen molar-refractivity contribution in [3.63, 3.8) is 0 Å². The Balaban J connectivity index is 1.35. The lowest BCUT2D eigenvalue weighted by Gasteiger charge is -2.13. The van der Waals surface area contributed by atoms with Crippen LogP contribution in [-0.2, 0) is 22.2 Å². The number of hydrogen-bond donors (Lipinski definition) is 2. The molecular formula is C23H20ClF3N2O2. The van der Waals surface area contributed by atoms with Gasteiger partial charge in [0.2, 0.25) is 5.91 Å². The number of aromatic amines is 1. The zero-order valence-corrected chi connectivity index (χ0v) is 17.2. The van der Waals surface area contributed by atoms with Gasteiger partial charge in [0.05, 0.1) is 11.5 Å². The Bertz CT molecular complexity index is 1120. The van der Waals surface area contributed by atoms with E-state index in [4.69, 9.17) is 11.6 Å². The second-order valence-electron chi connectivity index (χ2n) is 7.75. The molecule has 1 saturated carbocycles. The molecule has 1 heterocycles. The van der Waals surface area contributed by atoms with Crippen molar-refractivity contribution in [3.8, 4) is 0 Å². The third-order valence-corrected chi connectivity index (χ3v) is 6.05. The maximum Gasteiger partial charge on any atom is 0.416 e. The van der Waals surface area contributed by atoms with Crippen LogP contribution in [0.3, 0.4) is 0 Å². The molecule has 1 fully saturated rings. The first kappa shape index (κ1) is 21.4. The van der Waals surface area contributed by atoms with E-state index in [0.717, 1.165) is 28.6 Å². The number of H-pyrrole nitrogens is 1. The van der Waals surface area contributed by atoms with E-state index in [2.05, 4.69) is 10.3 Å². The second kappa shape index (κ2) is 8.38. The van der Waals surface area contributed by atoms with Crippen LogP contribution in [0.5, 0.6) is 0 Å². The molecule has 2 N–H and O–H groups in total. The summed E-state index contributed by atoms with van der Waals surface area (Å²) in [5, 5.41) is 4.43. The molecule has 4 rings (SSSR count). The Morgan fingerprint density at radius 1 is 1.13 bits per heavy atom. The van der Waals surface area contributed by atoms with Crippen LogP contribution in [0.25, 0.3) is 10.9 Å². The number of halogens is 4. The Hall–Kier alpha value is -2.80. The maximum absolute atomic E-state index is 12.7. The summed E-state index contributed by atoms with van der Waals surface area (Å²) in [7, 11) is 0. The van der Waals surface area contributed by atoms with Crippen LogP contribution in [0.4, 0.5) is 13.2 Å². The van der Waals surface area contributed by atoms with Gasteiger partial charge in [-0.1, -0.05) is 23.7 Å². The Morgan fingerprint density at radius 2 is 1.87 bits per heavy atom. The number of ketones is 1. The van der Waals surface area contributed by atoms with Crippen LogP contribution in [0, 0.1) is 5.92 Å². The quantitative estimate of drug-likeness (QED) is 0.523. The predicted molar refractivity (Wildman–Crippen MR) is 112 cm³/mol. The first-order chi connectivity index (χ1) is 14.7. The highest BCUT2D eigenvalue weighted by Crippen LogP contribution is 2.37. The fourth-order valence-corrected chi connectivity index (χ4v) is 4.33. The minimum atomic E-state index is -4.42. The standard InChI is InChI=1S/C23H20ClF3N2O2/c24-16-5-8-20-19(11-16)14(12-29-20)9-10-28-22(31)18-7-6-17(21(18)30)13-1-3-15(4-2-13)23(25,26)27/h1-5,8,11-12,17-18,29H,6-7,9-10H2,(H,28,31). The van der Waals surface area contributed by atoms with Crippen molar-refractivity contribution in [2.75, 3.05) is 6.54 Å². The molecule has 1 aliphatic carbocycles. The molecule has 0 spiro atoms. The molecule has 2 unspecified atom stereocenters. The van der Waals surface area contributed by atoms with Crippen molar-refractivity contribution >= 4 is 34.2 Å². The number of carbonyl (C=O) groups is 2. The van der Waals surface area contributed by atoms with E-state index in [1.54, 1.807) is 6.07 Å². The first-order valence-corrected chi connectivity index (χ1v) is 10.4. The molecule has 0 saturated heterocycles. The third-order valence-electron chi connectivity index (χ3n) is 5.81. The van der Waals surface area contributed by atoms with Crippen LogP contribution in [0.2, 0.25) is 5.02 Å². The smallest absolute Gasteiger partial charge is 0.361 e. The van der Waals surface area contributed by atoms with Gasteiger partial charge in [0.25, 0.3) is 0 Å². The zero-order valence-electron chi connectivity index (χ0n) is 16.4. The highest BCUT2D eigenvalue weighted by atomic mass is 35.5. The number of hydrogen-bond acceptors (Lipinski definition) is 2. The van der Waals surface area contributed by atoms with Gasteiger partial charge in [-0.25, -0.2) is 0 Å². The molecule has 0 bridgehead atoms. The lowest BCUT2D eigenvalue weighted by atomic mass is 9.94. The predicted octanol–water partition coefficient (Wildman–Crippen LogP) is 5.26. The summed E-state index contributed by atoms with van der Waals surface area (Å²) in [5.41, 5.74) is 1.73. The zero-order chi connectivity index (χ0) is 22.2. The molecule has 0 aliphatic heterocycles. The molecule has 162 valence electrons. The van der Waals surface area contributed by atoms with Crippen molar-refractivity contribution in [1.82, 2.24) is 10.3 Å². The molecule has 1 aromatic heterocycles. The van der Waals surface area contributed by atoms with Crippen molar-refractivity contribution < 1.29 is 22.8 Å². The van der Waals surface area contributed by atoms with E-state index in [1.807, 2.05) is 18.3 Å². The number of alkyl halides is 3. The molecule has 2 atom stereocenters. The first-order valence-electron chi connectivity index (χ1n) is 9.98. The number of aromatic nitrogens is 1.